The minimum Gasteiger partial charge on any atom is -0.477 e. The predicted octanol–water partition coefficient (Wildman–Crippen LogP) is 1.07. The van der Waals surface area contributed by atoms with Crippen molar-refractivity contribution in [1.82, 2.24) is 14.5 Å². The average Bonchev–Trinajstić information content (AvgIpc) is 3.06. The first-order valence-corrected chi connectivity index (χ1v) is 7.99. The zero-order chi connectivity index (χ0) is 17.7. The minimum atomic E-state index is -1.42. The molecular weight excluding hydrogens is 351 g/mol. The van der Waals surface area contributed by atoms with Gasteiger partial charge in [-0.15, -0.1) is 11.3 Å². The van der Waals surface area contributed by atoms with E-state index in [1.165, 1.54) is 27.0 Å². The number of rotatable bonds is 3. The number of Topliss-reactive ketones (excluding diaryl/α,β-unsaturated/α-hetero) is 1. The van der Waals surface area contributed by atoms with Gasteiger partial charge in [0.2, 0.25) is 5.43 Å². The Bertz CT molecular complexity index is 1090. The van der Waals surface area contributed by atoms with E-state index in [-0.39, 0.29) is 35.7 Å². The van der Waals surface area contributed by atoms with E-state index in [0.29, 0.717) is 5.13 Å². The highest BCUT2D eigenvalue weighted by Crippen LogP contribution is 2.26. The van der Waals surface area contributed by atoms with Crippen LogP contribution in [0.3, 0.4) is 0 Å². The molecule has 25 heavy (non-hydrogen) atoms. The van der Waals surface area contributed by atoms with Crippen molar-refractivity contribution in [2.45, 2.75) is 0 Å². The molecule has 1 aliphatic rings. The SMILES string of the molecule is O=C1CN(c2nc3c(cc2F)c(=O)c(C(=O)O)cn3-c2nccs2)C1. The summed E-state index contributed by atoms with van der Waals surface area (Å²) < 4.78 is 15.7. The fraction of sp³-hybridized carbons (Fsp3) is 0.133. The van der Waals surface area contributed by atoms with Crippen LogP contribution in [-0.4, -0.2) is 44.5 Å². The average molecular weight is 360 g/mol. The van der Waals surface area contributed by atoms with Gasteiger partial charge in [0.15, 0.2) is 28.2 Å². The molecular formula is C15H9FN4O4S. The number of carboxylic acid groups (broad SMARTS) is 1. The number of ketones is 1. The smallest absolute Gasteiger partial charge is 0.341 e. The molecule has 0 atom stereocenters. The third-order valence-corrected chi connectivity index (χ3v) is 4.57. The van der Waals surface area contributed by atoms with Crippen molar-refractivity contribution in [3.63, 3.8) is 0 Å². The lowest BCUT2D eigenvalue weighted by Gasteiger charge is -2.30. The molecule has 0 bridgehead atoms. The van der Waals surface area contributed by atoms with Crippen LogP contribution in [0.1, 0.15) is 10.4 Å². The summed E-state index contributed by atoms with van der Waals surface area (Å²) >= 11 is 1.21. The normalized spacial score (nSPS) is 14.0. The van der Waals surface area contributed by atoms with E-state index in [4.69, 9.17) is 0 Å². The molecule has 3 aromatic rings. The maximum atomic E-state index is 14.4. The standard InChI is InChI=1S/C15H9FN4O4S/c16-10-3-8-11(22)9(14(23)24)6-20(15-17-1-2-25-15)12(8)18-13(10)19-4-7(21)5-19/h1-3,6H,4-5H2,(H,23,24). The zero-order valence-electron chi connectivity index (χ0n) is 12.5. The molecule has 0 saturated carbocycles. The second kappa shape index (κ2) is 5.45. The maximum absolute atomic E-state index is 14.4. The van der Waals surface area contributed by atoms with E-state index < -0.39 is 22.8 Å². The molecule has 1 saturated heterocycles. The summed E-state index contributed by atoms with van der Waals surface area (Å²) in [5, 5.41) is 11.1. The fourth-order valence-electron chi connectivity index (χ4n) is 2.60. The number of aromatic carboxylic acids is 1. The summed E-state index contributed by atoms with van der Waals surface area (Å²) in [4.78, 5) is 44.6. The van der Waals surface area contributed by atoms with Crippen molar-refractivity contribution in [2.75, 3.05) is 18.0 Å². The van der Waals surface area contributed by atoms with Gasteiger partial charge in [-0.1, -0.05) is 0 Å². The Morgan fingerprint density at radius 1 is 1.32 bits per heavy atom. The molecule has 3 aromatic heterocycles. The minimum absolute atomic E-state index is 0.0418. The van der Waals surface area contributed by atoms with Crippen LogP contribution in [0, 0.1) is 5.82 Å². The first-order valence-electron chi connectivity index (χ1n) is 7.11. The highest BCUT2D eigenvalue weighted by Gasteiger charge is 2.29. The summed E-state index contributed by atoms with van der Waals surface area (Å²) in [5.41, 5.74) is -1.25. The van der Waals surface area contributed by atoms with E-state index in [9.17, 15) is 23.9 Å². The van der Waals surface area contributed by atoms with Crippen LogP contribution < -0.4 is 10.3 Å². The highest BCUT2D eigenvalue weighted by molar-refractivity contribution is 7.12. The summed E-state index contributed by atoms with van der Waals surface area (Å²) in [6.07, 6.45) is 2.64. The molecule has 0 spiro atoms. The van der Waals surface area contributed by atoms with Crippen molar-refractivity contribution in [2.24, 2.45) is 0 Å². The Kier molecular flexibility index (Phi) is 3.35. The van der Waals surface area contributed by atoms with E-state index in [2.05, 4.69) is 9.97 Å². The van der Waals surface area contributed by atoms with E-state index in [1.54, 1.807) is 5.38 Å². The number of aromatic nitrogens is 3. The number of hydrogen-bond acceptors (Lipinski definition) is 7. The van der Waals surface area contributed by atoms with Crippen molar-refractivity contribution in [3.8, 4) is 5.13 Å². The van der Waals surface area contributed by atoms with E-state index in [1.807, 2.05) is 0 Å². The Morgan fingerprint density at radius 2 is 2.08 bits per heavy atom. The monoisotopic (exact) mass is 360 g/mol. The third-order valence-electron chi connectivity index (χ3n) is 3.80. The number of carboxylic acids is 1. The maximum Gasteiger partial charge on any atom is 0.341 e. The van der Waals surface area contributed by atoms with Crippen LogP contribution in [-0.2, 0) is 4.79 Å². The number of anilines is 1. The van der Waals surface area contributed by atoms with Crippen molar-refractivity contribution in [1.29, 1.82) is 0 Å². The Morgan fingerprint density at radius 3 is 2.68 bits per heavy atom. The Balaban J connectivity index is 2.05. The molecule has 1 aliphatic heterocycles. The second-order valence-electron chi connectivity index (χ2n) is 5.42. The number of pyridine rings is 2. The van der Waals surface area contributed by atoms with Gasteiger partial charge >= 0.3 is 5.97 Å². The van der Waals surface area contributed by atoms with Gasteiger partial charge in [0.05, 0.1) is 18.5 Å². The molecule has 1 N–H and O–H groups in total. The van der Waals surface area contributed by atoms with Crippen molar-refractivity contribution in [3.05, 3.63) is 45.4 Å². The third kappa shape index (κ3) is 2.38. The lowest BCUT2D eigenvalue weighted by molar-refractivity contribution is -0.119. The molecule has 8 nitrogen and oxygen atoms in total. The molecule has 4 rings (SSSR count). The number of nitrogens with zero attached hydrogens (tertiary/aromatic N) is 4. The summed E-state index contributed by atoms with van der Waals surface area (Å²) in [6, 6.07) is 0.958. The predicted molar refractivity (Wildman–Crippen MR) is 87.1 cm³/mol. The van der Waals surface area contributed by atoms with Gasteiger partial charge in [-0.2, -0.15) is 0 Å². The van der Waals surface area contributed by atoms with Gasteiger partial charge in [-0.3, -0.25) is 14.2 Å². The summed E-state index contributed by atoms with van der Waals surface area (Å²) in [7, 11) is 0. The number of halogens is 1. The van der Waals surface area contributed by atoms with Crippen molar-refractivity contribution < 1.29 is 19.1 Å². The van der Waals surface area contributed by atoms with Crippen molar-refractivity contribution >= 4 is 39.9 Å². The lowest BCUT2D eigenvalue weighted by atomic mass is 10.1. The van der Waals surface area contributed by atoms with Crippen LogP contribution in [0.15, 0.2) is 28.6 Å². The first-order chi connectivity index (χ1) is 12.0. The lowest BCUT2D eigenvalue weighted by Crippen LogP contribution is -2.48. The van der Waals surface area contributed by atoms with Crippen LogP contribution in [0.2, 0.25) is 0 Å². The number of fused-ring (bicyclic) bond motifs is 1. The van der Waals surface area contributed by atoms with Gasteiger partial charge < -0.3 is 10.0 Å². The van der Waals surface area contributed by atoms with E-state index in [0.717, 1.165) is 12.3 Å². The fourth-order valence-corrected chi connectivity index (χ4v) is 3.22. The molecule has 4 heterocycles. The van der Waals surface area contributed by atoms with Gasteiger partial charge in [0, 0.05) is 17.8 Å². The molecule has 0 aliphatic carbocycles. The first kappa shape index (κ1) is 15.4. The Labute approximate surface area is 142 Å². The largest absolute Gasteiger partial charge is 0.477 e. The molecule has 126 valence electrons. The second-order valence-corrected chi connectivity index (χ2v) is 6.29. The molecule has 0 aromatic carbocycles. The van der Waals surface area contributed by atoms with Gasteiger partial charge in [-0.05, 0) is 6.07 Å². The van der Waals surface area contributed by atoms with Gasteiger partial charge in [0.25, 0.3) is 0 Å². The number of carbonyl (C=O) groups is 2. The van der Waals surface area contributed by atoms with Crippen LogP contribution in [0.25, 0.3) is 16.2 Å². The molecule has 10 heteroatoms. The molecule has 0 radical (unpaired) electrons. The number of thiazole rings is 1. The number of hydrogen-bond donors (Lipinski definition) is 1. The van der Waals surface area contributed by atoms with E-state index >= 15 is 0 Å². The molecule has 1 fully saturated rings. The number of carbonyl (C=O) groups excluding carboxylic acids is 1. The quantitative estimate of drug-likeness (QED) is 0.745. The van der Waals surface area contributed by atoms with Crippen LogP contribution >= 0.6 is 11.3 Å². The van der Waals surface area contributed by atoms with Gasteiger partial charge in [-0.25, -0.2) is 19.2 Å². The highest BCUT2D eigenvalue weighted by atomic mass is 32.1. The zero-order valence-corrected chi connectivity index (χ0v) is 13.3. The van der Waals surface area contributed by atoms with Crippen LogP contribution in [0.5, 0.6) is 0 Å². The topological polar surface area (TPSA) is 105 Å². The van der Waals surface area contributed by atoms with Crippen LogP contribution in [0.4, 0.5) is 10.2 Å². The summed E-state index contributed by atoms with van der Waals surface area (Å²) in [5.74, 6) is -2.31. The summed E-state index contributed by atoms with van der Waals surface area (Å²) in [6.45, 7) is 0.0915. The molecule has 0 amide bonds. The molecule has 0 unspecified atom stereocenters. The van der Waals surface area contributed by atoms with Gasteiger partial charge in [0.1, 0.15) is 5.56 Å². The Hall–Kier alpha value is -3.14.